The second-order valence-corrected chi connectivity index (χ2v) is 9.01. The van der Waals surface area contributed by atoms with E-state index >= 15 is 0 Å². The number of rotatable bonds is 6. The van der Waals surface area contributed by atoms with E-state index in [1.807, 2.05) is 26.8 Å². The summed E-state index contributed by atoms with van der Waals surface area (Å²) in [4.78, 5) is 42.1. The molecule has 182 valence electrons. The number of piperazine rings is 1. The van der Waals surface area contributed by atoms with Crippen LogP contribution in [0.4, 0.5) is 10.5 Å². The summed E-state index contributed by atoms with van der Waals surface area (Å²) in [6.07, 6.45) is 0. The van der Waals surface area contributed by atoms with Crippen LogP contribution in [-0.2, 0) is 4.79 Å². The maximum atomic E-state index is 13.2. The predicted octanol–water partition coefficient (Wildman–Crippen LogP) is 3.79. The highest BCUT2D eigenvalue weighted by Crippen LogP contribution is 2.21. The molecule has 8 nitrogen and oxygen atoms in total. The fraction of sp³-hybridized carbons (Fsp3) is 0.400. The van der Waals surface area contributed by atoms with Crippen molar-refractivity contribution in [2.75, 3.05) is 38.6 Å². The highest BCUT2D eigenvalue weighted by atomic mass is 35.5. The first kappa shape index (κ1) is 25.4. The third-order valence-corrected chi connectivity index (χ3v) is 6.28. The SMILES string of the molecule is COc1ccccc1C(=O)NC(C(=O)N1CCN(C(=O)Nc2ccc(C)c(Cl)c2)CC1)C(C)C. The number of hydrogen-bond acceptors (Lipinski definition) is 4. The van der Waals surface area contributed by atoms with Crippen molar-refractivity contribution in [1.29, 1.82) is 0 Å². The Morgan fingerprint density at radius 3 is 2.26 bits per heavy atom. The monoisotopic (exact) mass is 486 g/mol. The maximum absolute atomic E-state index is 13.2. The number of benzene rings is 2. The molecule has 0 bridgehead atoms. The van der Waals surface area contributed by atoms with Gasteiger partial charge in [-0.2, -0.15) is 0 Å². The predicted molar refractivity (Wildman–Crippen MR) is 132 cm³/mol. The van der Waals surface area contributed by atoms with Gasteiger partial charge in [-0.3, -0.25) is 9.59 Å². The van der Waals surface area contributed by atoms with Gasteiger partial charge in [-0.1, -0.05) is 43.6 Å². The molecule has 2 N–H and O–H groups in total. The van der Waals surface area contributed by atoms with Gasteiger partial charge in [0, 0.05) is 36.9 Å². The van der Waals surface area contributed by atoms with Crippen molar-refractivity contribution >= 4 is 35.1 Å². The highest BCUT2D eigenvalue weighted by Gasteiger charge is 2.32. The minimum Gasteiger partial charge on any atom is -0.496 e. The lowest BCUT2D eigenvalue weighted by molar-refractivity contribution is -0.135. The van der Waals surface area contributed by atoms with E-state index < -0.39 is 6.04 Å². The Labute approximate surface area is 205 Å². The first-order valence-electron chi connectivity index (χ1n) is 11.3. The Morgan fingerprint density at radius 2 is 1.65 bits per heavy atom. The van der Waals surface area contributed by atoms with Gasteiger partial charge in [0.15, 0.2) is 0 Å². The van der Waals surface area contributed by atoms with Gasteiger partial charge < -0.3 is 25.2 Å². The van der Waals surface area contributed by atoms with Crippen molar-refractivity contribution in [3.05, 3.63) is 58.6 Å². The van der Waals surface area contributed by atoms with E-state index in [9.17, 15) is 14.4 Å². The van der Waals surface area contributed by atoms with E-state index in [0.29, 0.717) is 48.2 Å². The Bertz CT molecular complexity index is 1050. The van der Waals surface area contributed by atoms with Crippen LogP contribution in [0.1, 0.15) is 29.8 Å². The van der Waals surface area contributed by atoms with Crippen LogP contribution in [0.3, 0.4) is 0 Å². The third-order valence-electron chi connectivity index (χ3n) is 5.87. The van der Waals surface area contributed by atoms with E-state index in [-0.39, 0.29) is 23.8 Å². The fourth-order valence-electron chi connectivity index (χ4n) is 3.76. The largest absolute Gasteiger partial charge is 0.496 e. The lowest BCUT2D eigenvalue weighted by Gasteiger charge is -2.37. The smallest absolute Gasteiger partial charge is 0.321 e. The number of anilines is 1. The van der Waals surface area contributed by atoms with E-state index in [4.69, 9.17) is 16.3 Å². The van der Waals surface area contributed by atoms with Gasteiger partial charge in [-0.25, -0.2) is 4.79 Å². The molecule has 1 aliphatic rings. The van der Waals surface area contributed by atoms with E-state index in [1.165, 1.54) is 7.11 Å². The minimum absolute atomic E-state index is 0.112. The number of carbonyl (C=O) groups excluding carboxylic acids is 3. The number of aryl methyl sites for hydroxylation is 1. The van der Waals surface area contributed by atoms with Crippen LogP contribution in [-0.4, -0.2) is 67.0 Å². The van der Waals surface area contributed by atoms with Crippen LogP contribution in [0.15, 0.2) is 42.5 Å². The number of nitrogens with one attached hydrogen (secondary N) is 2. The van der Waals surface area contributed by atoms with Crippen molar-refractivity contribution in [3.63, 3.8) is 0 Å². The third kappa shape index (κ3) is 5.99. The summed E-state index contributed by atoms with van der Waals surface area (Å²) in [5.41, 5.74) is 1.93. The summed E-state index contributed by atoms with van der Waals surface area (Å²) >= 11 is 6.14. The molecule has 1 atom stereocenters. The maximum Gasteiger partial charge on any atom is 0.321 e. The first-order chi connectivity index (χ1) is 16.2. The Hall–Kier alpha value is -3.26. The van der Waals surface area contributed by atoms with Gasteiger partial charge in [0.25, 0.3) is 5.91 Å². The molecule has 2 aromatic rings. The molecule has 0 spiro atoms. The van der Waals surface area contributed by atoms with Gasteiger partial charge in [-0.15, -0.1) is 0 Å². The summed E-state index contributed by atoms with van der Waals surface area (Å²) in [5.74, 6) is -0.189. The molecule has 1 heterocycles. The van der Waals surface area contributed by atoms with Crippen LogP contribution in [0.25, 0.3) is 0 Å². The molecule has 9 heteroatoms. The summed E-state index contributed by atoms with van der Waals surface area (Å²) < 4.78 is 5.27. The zero-order chi connectivity index (χ0) is 24.8. The molecular formula is C25H31ClN4O4. The number of ether oxygens (including phenoxy) is 1. The van der Waals surface area contributed by atoms with Crippen molar-refractivity contribution in [3.8, 4) is 5.75 Å². The second kappa shape index (κ2) is 11.2. The number of halogens is 1. The second-order valence-electron chi connectivity index (χ2n) is 8.60. The van der Waals surface area contributed by atoms with Gasteiger partial charge >= 0.3 is 6.03 Å². The van der Waals surface area contributed by atoms with Crippen LogP contribution >= 0.6 is 11.6 Å². The summed E-state index contributed by atoms with van der Waals surface area (Å²) in [7, 11) is 1.50. The van der Waals surface area contributed by atoms with Crippen LogP contribution < -0.4 is 15.4 Å². The topological polar surface area (TPSA) is 91.0 Å². The zero-order valence-electron chi connectivity index (χ0n) is 19.9. The van der Waals surface area contributed by atoms with Crippen molar-refractivity contribution < 1.29 is 19.1 Å². The highest BCUT2D eigenvalue weighted by molar-refractivity contribution is 6.31. The molecule has 4 amide bonds. The van der Waals surface area contributed by atoms with Gasteiger partial charge in [0.05, 0.1) is 12.7 Å². The zero-order valence-corrected chi connectivity index (χ0v) is 20.7. The van der Waals surface area contributed by atoms with Gasteiger partial charge in [0.2, 0.25) is 5.91 Å². The summed E-state index contributed by atoms with van der Waals surface area (Å²) in [6, 6.07) is 11.3. The number of methoxy groups -OCH3 is 1. The molecule has 0 aromatic heterocycles. The molecule has 2 aromatic carbocycles. The molecule has 0 saturated carbocycles. The quantitative estimate of drug-likeness (QED) is 0.650. The van der Waals surface area contributed by atoms with Crippen LogP contribution in [0.2, 0.25) is 5.02 Å². The van der Waals surface area contributed by atoms with Gasteiger partial charge in [-0.05, 0) is 42.7 Å². The number of nitrogens with zero attached hydrogens (tertiary/aromatic N) is 2. The standard InChI is InChI=1S/C25H31ClN4O4/c1-16(2)22(28-23(31)19-7-5-6-8-21(19)34-4)24(32)29-11-13-30(14-12-29)25(33)27-18-10-9-17(3)20(26)15-18/h5-10,15-16,22H,11-14H2,1-4H3,(H,27,33)(H,28,31). The fourth-order valence-corrected chi connectivity index (χ4v) is 3.95. The average Bonchev–Trinajstić information content (AvgIpc) is 2.84. The minimum atomic E-state index is -0.688. The molecule has 1 fully saturated rings. The van der Waals surface area contributed by atoms with Crippen molar-refractivity contribution in [2.24, 2.45) is 5.92 Å². The van der Waals surface area contributed by atoms with Crippen molar-refractivity contribution in [1.82, 2.24) is 15.1 Å². The van der Waals surface area contributed by atoms with E-state index in [1.54, 1.807) is 46.2 Å². The lowest BCUT2D eigenvalue weighted by atomic mass is 10.0. The molecule has 1 unspecified atom stereocenters. The average molecular weight is 487 g/mol. The number of carbonyl (C=O) groups is 3. The summed E-state index contributed by atoms with van der Waals surface area (Å²) in [5, 5.41) is 6.30. The molecule has 0 aliphatic carbocycles. The van der Waals surface area contributed by atoms with Crippen LogP contribution in [0.5, 0.6) is 5.75 Å². The molecule has 0 radical (unpaired) electrons. The lowest BCUT2D eigenvalue weighted by Crippen LogP contribution is -2.57. The Balaban J connectivity index is 1.59. The molecule has 34 heavy (non-hydrogen) atoms. The number of amides is 4. The van der Waals surface area contributed by atoms with Gasteiger partial charge in [0.1, 0.15) is 11.8 Å². The summed E-state index contributed by atoms with van der Waals surface area (Å²) in [6.45, 7) is 7.23. The first-order valence-corrected chi connectivity index (χ1v) is 11.6. The molecule has 1 aliphatic heterocycles. The number of urea groups is 1. The van der Waals surface area contributed by atoms with E-state index in [0.717, 1.165) is 5.56 Å². The van der Waals surface area contributed by atoms with E-state index in [2.05, 4.69) is 10.6 Å². The Kier molecular flexibility index (Phi) is 8.39. The molecule has 1 saturated heterocycles. The van der Waals surface area contributed by atoms with Crippen molar-refractivity contribution in [2.45, 2.75) is 26.8 Å². The number of hydrogen-bond donors (Lipinski definition) is 2. The molecule has 3 rings (SSSR count). The van der Waals surface area contributed by atoms with Crippen LogP contribution in [0, 0.1) is 12.8 Å². The Morgan fingerprint density at radius 1 is 1.00 bits per heavy atom. The number of para-hydroxylation sites is 1. The molecular weight excluding hydrogens is 456 g/mol. The normalized spacial score (nSPS) is 14.5.